The number of rotatable bonds is 6. The van der Waals surface area contributed by atoms with Crippen LogP contribution < -0.4 is 15.1 Å². The number of nitrogens with one attached hydrogen (secondary N) is 1. The Morgan fingerprint density at radius 3 is 2.10 bits per heavy atom. The van der Waals surface area contributed by atoms with Gasteiger partial charge in [-0.2, -0.15) is 0 Å². The molecular weight excluding hydrogens is 378 g/mol. The van der Waals surface area contributed by atoms with Crippen LogP contribution in [-0.4, -0.2) is 98.4 Å². The minimum atomic E-state index is 0.120. The van der Waals surface area contributed by atoms with Gasteiger partial charge >= 0.3 is 0 Å². The Bertz CT molecular complexity index is 661. The first kappa shape index (κ1) is 21.3. The summed E-state index contributed by atoms with van der Waals surface area (Å²) < 4.78 is 0. The predicted octanol–water partition coefficient (Wildman–Crippen LogP) is 1.05. The Kier molecular flexibility index (Phi) is 7.38. The van der Waals surface area contributed by atoms with Crippen molar-refractivity contribution < 1.29 is 4.79 Å². The molecule has 30 heavy (non-hydrogen) atoms. The Morgan fingerprint density at radius 1 is 0.900 bits per heavy atom. The molecule has 0 aromatic carbocycles. The monoisotopic (exact) mass is 415 g/mol. The number of nitrogens with zero attached hydrogens (tertiary/aromatic N) is 6. The highest BCUT2D eigenvalue weighted by Crippen LogP contribution is 2.23. The van der Waals surface area contributed by atoms with Gasteiger partial charge in [0.2, 0.25) is 5.91 Å². The van der Waals surface area contributed by atoms with E-state index in [9.17, 15) is 4.79 Å². The molecule has 3 aliphatic rings. The van der Waals surface area contributed by atoms with Crippen LogP contribution in [-0.2, 0) is 4.79 Å². The third-order valence-electron chi connectivity index (χ3n) is 6.83. The Hall–Kier alpha value is -1.93. The van der Waals surface area contributed by atoms with Gasteiger partial charge in [-0.15, -0.1) is 10.2 Å². The molecule has 3 fully saturated rings. The lowest BCUT2D eigenvalue weighted by molar-refractivity contribution is -0.125. The summed E-state index contributed by atoms with van der Waals surface area (Å²) in [6.45, 7) is 10.1. The lowest BCUT2D eigenvalue weighted by Gasteiger charge is -2.33. The van der Waals surface area contributed by atoms with E-state index in [-0.39, 0.29) is 11.8 Å². The number of likely N-dealkylation sites (N-methyl/N-ethyl adjacent to an activating group) is 1. The number of carbonyl (C=O) groups excluding carboxylic acids is 1. The molecule has 0 atom stereocenters. The van der Waals surface area contributed by atoms with Crippen LogP contribution in [0.1, 0.15) is 32.1 Å². The van der Waals surface area contributed by atoms with Gasteiger partial charge in [0.1, 0.15) is 0 Å². The van der Waals surface area contributed by atoms with Crippen molar-refractivity contribution in [2.24, 2.45) is 5.92 Å². The number of carbonyl (C=O) groups is 1. The van der Waals surface area contributed by atoms with Crippen LogP contribution in [0, 0.1) is 5.92 Å². The maximum atomic E-state index is 12.6. The summed E-state index contributed by atoms with van der Waals surface area (Å²) in [5, 5.41) is 12.1. The van der Waals surface area contributed by atoms with E-state index in [0.717, 1.165) is 89.9 Å². The second kappa shape index (κ2) is 10.4. The molecule has 8 heteroatoms. The summed E-state index contributed by atoms with van der Waals surface area (Å²) in [6, 6.07) is 4.19. The van der Waals surface area contributed by atoms with E-state index >= 15 is 0 Å². The number of anilines is 2. The number of piperidine rings is 2. The van der Waals surface area contributed by atoms with Crippen LogP contribution in [0.5, 0.6) is 0 Å². The van der Waals surface area contributed by atoms with Crippen molar-refractivity contribution in [3.63, 3.8) is 0 Å². The van der Waals surface area contributed by atoms with Gasteiger partial charge in [0.15, 0.2) is 11.6 Å². The van der Waals surface area contributed by atoms with E-state index in [2.05, 4.69) is 54.3 Å². The normalized spacial score (nSPS) is 22.3. The zero-order chi connectivity index (χ0) is 20.8. The molecule has 0 radical (unpaired) electrons. The highest BCUT2D eigenvalue weighted by molar-refractivity contribution is 5.79. The van der Waals surface area contributed by atoms with E-state index in [4.69, 9.17) is 0 Å². The van der Waals surface area contributed by atoms with Crippen LogP contribution in [0.3, 0.4) is 0 Å². The average molecular weight is 416 g/mol. The van der Waals surface area contributed by atoms with Crippen molar-refractivity contribution in [1.82, 2.24) is 25.3 Å². The number of amides is 1. The van der Waals surface area contributed by atoms with E-state index in [1.165, 1.54) is 19.3 Å². The van der Waals surface area contributed by atoms with Gasteiger partial charge in [0.25, 0.3) is 0 Å². The lowest BCUT2D eigenvalue weighted by atomic mass is 9.96. The molecular formula is C22H37N7O. The van der Waals surface area contributed by atoms with E-state index in [1.807, 2.05) is 0 Å². The molecule has 0 saturated carbocycles. The quantitative estimate of drug-likeness (QED) is 0.745. The fourth-order valence-corrected chi connectivity index (χ4v) is 4.70. The Labute approximate surface area is 180 Å². The van der Waals surface area contributed by atoms with Crippen LogP contribution >= 0.6 is 0 Å². The summed E-state index contributed by atoms with van der Waals surface area (Å²) in [5.74, 6) is 2.27. The summed E-state index contributed by atoms with van der Waals surface area (Å²) in [6.07, 6.45) is 5.58. The number of hydrogen-bond acceptors (Lipinski definition) is 7. The second-order valence-electron chi connectivity index (χ2n) is 8.99. The smallest absolute Gasteiger partial charge is 0.223 e. The van der Waals surface area contributed by atoms with Gasteiger partial charge < -0.3 is 20.0 Å². The molecule has 1 N–H and O–H groups in total. The third kappa shape index (κ3) is 5.60. The largest absolute Gasteiger partial charge is 0.355 e. The van der Waals surface area contributed by atoms with Crippen LogP contribution in [0.15, 0.2) is 12.1 Å². The van der Waals surface area contributed by atoms with Crippen LogP contribution in [0.4, 0.5) is 11.6 Å². The fraction of sp³-hybridized carbons (Fsp3) is 0.773. The van der Waals surface area contributed by atoms with Gasteiger partial charge in [-0.1, -0.05) is 0 Å². The van der Waals surface area contributed by atoms with Crippen molar-refractivity contribution in [3.05, 3.63) is 12.1 Å². The molecule has 0 aliphatic carbocycles. The van der Waals surface area contributed by atoms with Gasteiger partial charge in [0, 0.05) is 71.4 Å². The predicted molar refractivity (Wildman–Crippen MR) is 120 cm³/mol. The van der Waals surface area contributed by atoms with Crippen molar-refractivity contribution >= 4 is 17.5 Å². The molecule has 4 heterocycles. The molecule has 8 nitrogen and oxygen atoms in total. The molecule has 1 aromatic heterocycles. The third-order valence-corrected chi connectivity index (χ3v) is 6.83. The minimum Gasteiger partial charge on any atom is -0.355 e. The van der Waals surface area contributed by atoms with Gasteiger partial charge in [-0.3, -0.25) is 9.69 Å². The van der Waals surface area contributed by atoms with E-state index in [1.54, 1.807) is 0 Å². The second-order valence-corrected chi connectivity index (χ2v) is 8.99. The fourth-order valence-electron chi connectivity index (χ4n) is 4.70. The summed E-state index contributed by atoms with van der Waals surface area (Å²) in [4.78, 5) is 22.0. The highest BCUT2D eigenvalue weighted by Gasteiger charge is 2.26. The van der Waals surface area contributed by atoms with Gasteiger partial charge in [-0.05, 0) is 51.3 Å². The number of aromatic nitrogens is 2. The molecule has 0 spiro atoms. The van der Waals surface area contributed by atoms with Gasteiger partial charge in [0.05, 0.1) is 0 Å². The van der Waals surface area contributed by atoms with Crippen molar-refractivity contribution in [2.75, 3.05) is 82.3 Å². The molecule has 3 saturated heterocycles. The Morgan fingerprint density at radius 2 is 1.50 bits per heavy atom. The Balaban J connectivity index is 1.17. The van der Waals surface area contributed by atoms with Crippen molar-refractivity contribution in [2.45, 2.75) is 32.1 Å². The summed E-state index contributed by atoms with van der Waals surface area (Å²) in [5.41, 5.74) is 0. The van der Waals surface area contributed by atoms with Crippen molar-refractivity contribution in [3.8, 4) is 0 Å². The van der Waals surface area contributed by atoms with E-state index in [0.29, 0.717) is 0 Å². The number of piperazine rings is 1. The molecule has 3 aliphatic heterocycles. The summed E-state index contributed by atoms with van der Waals surface area (Å²) in [7, 11) is 2.17. The molecule has 4 rings (SSSR count). The molecule has 1 aromatic rings. The topological polar surface area (TPSA) is 67.8 Å². The maximum absolute atomic E-state index is 12.6. The summed E-state index contributed by atoms with van der Waals surface area (Å²) >= 11 is 0. The zero-order valence-electron chi connectivity index (χ0n) is 18.4. The standard InChI is InChI=1S/C22H37N7O/c1-26-15-17-27(18-16-26)14-9-23-22(30)19-7-12-29(13-8-19)21-6-5-20(24-25-21)28-10-3-2-4-11-28/h5-6,19H,2-4,7-18H2,1H3,(H,23,30). The maximum Gasteiger partial charge on any atom is 0.223 e. The first-order valence-corrected chi connectivity index (χ1v) is 11.7. The molecule has 0 bridgehead atoms. The lowest BCUT2D eigenvalue weighted by Crippen LogP contribution is -2.48. The van der Waals surface area contributed by atoms with E-state index < -0.39 is 0 Å². The zero-order valence-corrected chi connectivity index (χ0v) is 18.4. The highest BCUT2D eigenvalue weighted by atomic mass is 16.1. The van der Waals surface area contributed by atoms with Crippen molar-refractivity contribution in [1.29, 1.82) is 0 Å². The molecule has 1 amide bonds. The van der Waals surface area contributed by atoms with Crippen LogP contribution in [0.2, 0.25) is 0 Å². The first-order valence-electron chi connectivity index (χ1n) is 11.7. The number of hydrogen-bond donors (Lipinski definition) is 1. The first-order chi connectivity index (χ1) is 14.7. The van der Waals surface area contributed by atoms with Crippen LogP contribution in [0.25, 0.3) is 0 Å². The molecule has 0 unspecified atom stereocenters. The minimum absolute atomic E-state index is 0.120. The average Bonchev–Trinajstić information content (AvgIpc) is 2.81. The molecule has 166 valence electrons. The van der Waals surface area contributed by atoms with Gasteiger partial charge in [-0.25, -0.2) is 0 Å². The SMILES string of the molecule is CN1CCN(CCNC(=O)C2CCN(c3ccc(N4CCCCC4)nn3)CC2)CC1.